The molecule has 0 aliphatic carbocycles. The number of nitrogen functional groups attached to an aromatic ring is 1. The van der Waals surface area contributed by atoms with Crippen LogP contribution in [0.2, 0.25) is 0 Å². The molecule has 2 atom stereocenters. The normalized spacial score (nSPS) is 19.3. The van der Waals surface area contributed by atoms with Crippen molar-refractivity contribution in [1.29, 1.82) is 0 Å². The highest BCUT2D eigenvalue weighted by Crippen LogP contribution is 2.33. The first-order valence-electron chi connectivity index (χ1n) is 7.78. The number of nitrogens with two attached hydrogens (primary N) is 1. The minimum Gasteiger partial charge on any atom is -0.399 e. The number of carbonyl (C=O) groups excluding carboxylic acids is 1. The van der Waals surface area contributed by atoms with E-state index in [0.29, 0.717) is 0 Å². The molecule has 1 heterocycles. The number of hydrogen-bond acceptors (Lipinski definition) is 2. The van der Waals surface area contributed by atoms with Crippen LogP contribution in [-0.4, -0.2) is 18.6 Å². The van der Waals surface area contributed by atoms with Crippen LogP contribution in [0.1, 0.15) is 19.4 Å². The van der Waals surface area contributed by atoms with Crippen LogP contribution >= 0.6 is 0 Å². The van der Waals surface area contributed by atoms with Gasteiger partial charge in [-0.3, -0.25) is 4.79 Å². The fourth-order valence-corrected chi connectivity index (χ4v) is 2.91. The summed E-state index contributed by atoms with van der Waals surface area (Å²) in [4.78, 5) is 13.2. The molecule has 4 heteroatoms. The van der Waals surface area contributed by atoms with E-state index in [2.05, 4.69) is 0 Å². The van der Waals surface area contributed by atoms with Crippen molar-refractivity contribution in [3.8, 4) is 0 Å². The van der Waals surface area contributed by atoms with Gasteiger partial charge in [0.2, 0.25) is 5.91 Å². The number of carbonyl (C=O) groups is 1. The Hall–Kier alpha value is -2.36. The fourth-order valence-electron chi connectivity index (χ4n) is 2.91. The summed E-state index contributed by atoms with van der Waals surface area (Å²) in [6.45, 7) is 3.02. The van der Waals surface area contributed by atoms with E-state index in [1.807, 2.05) is 61.5 Å². The standard InChI is InChI=1S/C13H16FNO.C6H7N/c1-9-7-11-5-3-4-6-12(11)15(10(2)16)13(9)8-14;7-6-4-2-1-3-5-6/h3-6,9,13H,7-8H2,1-2H3;1-5H,7H2/t9-,13+;/m1./s1. The lowest BCUT2D eigenvalue weighted by atomic mass is 9.87. The summed E-state index contributed by atoms with van der Waals surface area (Å²) in [7, 11) is 0. The summed E-state index contributed by atoms with van der Waals surface area (Å²) in [5.41, 5.74) is 8.18. The first-order chi connectivity index (χ1) is 11.0. The maximum absolute atomic E-state index is 13.0. The lowest BCUT2D eigenvalue weighted by Crippen LogP contribution is -2.48. The van der Waals surface area contributed by atoms with Crippen LogP contribution in [0.4, 0.5) is 15.8 Å². The average molecular weight is 314 g/mol. The van der Waals surface area contributed by atoms with Gasteiger partial charge >= 0.3 is 0 Å². The Labute approximate surface area is 136 Å². The van der Waals surface area contributed by atoms with Gasteiger partial charge < -0.3 is 10.6 Å². The first-order valence-corrected chi connectivity index (χ1v) is 7.78. The van der Waals surface area contributed by atoms with Crippen LogP contribution in [0.5, 0.6) is 0 Å². The van der Waals surface area contributed by atoms with Crippen molar-refractivity contribution in [2.45, 2.75) is 26.3 Å². The third kappa shape index (κ3) is 4.09. The predicted molar refractivity (Wildman–Crippen MR) is 93.1 cm³/mol. The molecule has 1 amide bonds. The highest BCUT2D eigenvalue weighted by atomic mass is 19.1. The molecule has 1 aliphatic heterocycles. The number of benzene rings is 2. The summed E-state index contributed by atoms with van der Waals surface area (Å²) in [5.74, 6) is 0.0884. The Balaban J connectivity index is 0.000000229. The van der Waals surface area contributed by atoms with E-state index in [1.54, 1.807) is 4.90 Å². The Morgan fingerprint density at radius 2 is 1.78 bits per heavy atom. The molecule has 3 rings (SSSR count). The van der Waals surface area contributed by atoms with Crippen molar-refractivity contribution in [3.05, 3.63) is 60.2 Å². The molecule has 2 N–H and O–H groups in total. The second-order valence-corrected chi connectivity index (χ2v) is 5.83. The van der Waals surface area contributed by atoms with E-state index >= 15 is 0 Å². The number of hydrogen-bond donors (Lipinski definition) is 1. The van der Waals surface area contributed by atoms with E-state index in [9.17, 15) is 9.18 Å². The van der Waals surface area contributed by atoms with Crippen LogP contribution in [0.25, 0.3) is 0 Å². The van der Waals surface area contributed by atoms with Gasteiger partial charge in [-0.2, -0.15) is 0 Å². The second kappa shape index (κ2) is 7.77. The number of para-hydroxylation sites is 2. The van der Waals surface area contributed by atoms with Gasteiger partial charge in [-0.25, -0.2) is 4.39 Å². The Morgan fingerprint density at radius 1 is 1.17 bits per heavy atom. The predicted octanol–water partition coefficient (Wildman–Crippen LogP) is 3.84. The molecule has 0 saturated heterocycles. The van der Waals surface area contributed by atoms with Crippen molar-refractivity contribution >= 4 is 17.3 Å². The maximum atomic E-state index is 13.0. The fraction of sp³-hybridized carbons (Fsp3) is 0.316. The molecule has 122 valence electrons. The summed E-state index contributed by atoms with van der Waals surface area (Å²) >= 11 is 0. The number of alkyl halides is 1. The molecule has 0 spiro atoms. The van der Waals surface area contributed by atoms with Gasteiger partial charge in [-0.15, -0.1) is 0 Å². The molecule has 0 bridgehead atoms. The third-order valence-corrected chi connectivity index (χ3v) is 4.08. The Morgan fingerprint density at radius 3 is 2.30 bits per heavy atom. The minimum absolute atomic E-state index is 0.0818. The number of fused-ring (bicyclic) bond motifs is 1. The average Bonchev–Trinajstić information content (AvgIpc) is 2.54. The van der Waals surface area contributed by atoms with E-state index in [4.69, 9.17) is 5.73 Å². The largest absolute Gasteiger partial charge is 0.399 e. The summed E-state index contributed by atoms with van der Waals surface area (Å²) < 4.78 is 13.0. The van der Waals surface area contributed by atoms with Crippen LogP contribution in [0, 0.1) is 5.92 Å². The highest BCUT2D eigenvalue weighted by Gasteiger charge is 2.33. The van der Waals surface area contributed by atoms with Gasteiger partial charge in [0.15, 0.2) is 0 Å². The molecule has 0 unspecified atom stereocenters. The van der Waals surface area contributed by atoms with Gasteiger partial charge in [0.05, 0.1) is 6.04 Å². The zero-order valence-electron chi connectivity index (χ0n) is 13.6. The van der Waals surface area contributed by atoms with Crippen molar-refractivity contribution < 1.29 is 9.18 Å². The smallest absolute Gasteiger partial charge is 0.224 e. The molecular formula is C19H23FN2O. The lowest BCUT2D eigenvalue weighted by molar-refractivity contribution is -0.117. The number of amides is 1. The van der Waals surface area contributed by atoms with Crippen LogP contribution < -0.4 is 10.6 Å². The van der Waals surface area contributed by atoms with Crippen molar-refractivity contribution in [2.75, 3.05) is 17.3 Å². The molecule has 1 aliphatic rings. The summed E-state index contributed by atoms with van der Waals surface area (Å²) in [5, 5.41) is 0. The van der Waals surface area contributed by atoms with Gasteiger partial charge in [-0.05, 0) is 36.1 Å². The van der Waals surface area contributed by atoms with E-state index in [1.165, 1.54) is 6.92 Å². The van der Waals surface area contributed by atoms with Gasteiger partial charge in [0.25, 0.3) is 0 Å². The molecular weight excluding hydrogens is 291 g/mol. The van der Waals surface area contributed by atoms with E-state index in [-0.39, 0.29) is 17.9 Å². The SMILES string of the molecule is CC(=O)N1c2ccccc2C[C@@H](C)[C@@H]1CF.Nc1ccccc1. The molecule has 2 aromatic carbocycles. The molecule has 0 saturated carbocycles. The first kappa shape index (κ1) is 17.0. The Kier molecular flexibility index (Phi) is 5.74. The number of anilines is 2. The quantitative estimate of drug-likeness (QED) is 0.813. The van der Waals surface area contributed by atoms with Gasteiger partial charge in [0.1, 0.15) is 6.67 Å². The summed E-state index contributed by atoms with van der Waals surface area (Å²) in [6.07, 6.45) is 0.842. The molecule has 3 nitrogen and oxygen atoms in total. The number of nitrogens with zero attached hydrogens (tertiary/aromatic N) is 1. The topological polar surface area (TPSA) is 46.3 Å². The van der Waals surface area contributed by atoms with Crippen LogP contribution in [-0.2, 0) is 11.2 Å². The second-order valence-electron chi connectivity index (χ2n) is 5.83. The number of rotatable bonds is 1. The molecule has 2 aromatic rings. The van der Waals surface area contributed by atoms with Crippen LogP contribution in [0.15, 0.2) is 54.6 Å². The highest BCUT2D eigenvalue weighted by molar-refractivity contribution is 5.93. The lowest BCUT2D eigenvalue weighted by Gasteiger charge is -2.39. The van der Waals surface area contributed by atoms with E-state index < -0.39 is 6.67 Å². The molecule has 0 fully saturated rings. The zero-order valence-corrected chi connectivity index (χ0v) is 13.6. The third-order valence-electron chi connectivity index (χ3n) is 4.08. The Bertz CT molecular complexity index is 645. The maximum Gasteiger partial charge on any atom is 0.224 e. The van der Waals surface area contributed by atoms with E-state index in [0.717, 1.165) is 23.4 Å². The summed E-state index contributed by atoms with van der Waals surface area (Å²) in [6, 6.07) is 16.9. The van der Waals surface area contributed by atoms with Gasteiger partial charge in [-0.1, -0.05) is 43.3 Å². The number of halogens is 1. The van der Waals surface area contributed by atoms with Crippen LogP contribution in [0.3, 0.4) is 0 Å². The zero-order chi connectivity index (χ0) is 16.8. The molecule has 23 heavy (non-hydrogen) atoms. The van der Waals surface area contributed by atoms with Crippen molar-refractivity contribution in [1.82, 2.24) is 0 Å². The molecule has 0 aromatic heterocycles. The van der Waals surface area contributed by atoms with Gasteiger partial charge in [0, 0.05) is 18.3 Å². The monoisotopic (exact) mass is 314 g/mol. The van der Waals surface area contributed by atoms with Crippen molar-refractivity contribution in [2.24, 2.45) is 5.92 Å². The molecule has 0 radical (unpaired) electrons. The van der Waals surface area contributed by atoms with Crippen molar-refractivity contribution in [3.63, 3.8) is 0 Å². The minimum atomic E-state index is -0.477.